The zero-order chi connectivity index (χ0) is 9.31. The second-order valence-electron chi connectivity index (χ2n) is 3.86. The predicted molar refractivity (Wildman–Crippen MR) is 52.9 cm³/mol. The van der Waals surface area contributed by atoms with Crippen LogP contribution in [0.15, 0.2) is 24.3 Å². The van der Waals surface area contributed by atoms with Crippen molar-refractivity contribution in [1.82, 2.24) is 5.32 Å². The van der Waals surface area contributed by atoms with E-state index in [0.29, 0.717) is 11.2 Å². The van der Waals surface area contributed by atoms with E-state index in [1.54, 1.807) is 12.1 Å². The summed E-state index contributed by atoms with van der Waals surface area (Å²) in [6.45, 7) is 1.04. The van der Waals surface area contributed by atoms with Crippen LogP contribution >= 0.6 is 0 Å². The van der Waals surface area contributed by atoms with Crippen LogP contribution in [0.5, 0.6) is 5.75 Å². The molecule has 1 aromatic carbocycles. The Balaban J connectivity index is 2.20. The van der Waals surface area contributed by atoms with Gasteiger partial charge in [-0.2, -0.15) is 0 Å². The van der Waals surface area contributed by atoms with Crippen molar-refractivity contribution < 1.29 is 5.11 Å². The third-order valence-electron chi connectivity index (χ3n) is 2.85. The summed E-state index contributed by atoms with van der Waals surface area (Å²) in [7, 11) is 1.99. The molecule has 1 saturated carbocycles. The number of nitrogens with one attached hydrogen (secondary N) is 1. The van der Waals surface area contributed by atoms with Crippen molar-refractivity contribution in [3.05, 3.63) is 29.8 Å². The molecule has 0 heterocycles. The molecule has 70 valence electrons. The number of likely N-dealkylation sites (N-methyl/N-ethyl adjacent to an activating group) is 1. The van der Waals surface area contributed by atoms with Crippen LogP contribution in [0.4, 0.5) is 0 Å². The van der Waals surface area contributed by atoms with Gasteiger partial charge in [-0.05, 0) is 37.6 Å². The van der Waals surface area contributed by atoms with E-state index in [-0.39, 0.29) is 0 Å². The Hall–Kier alpha value is -1.02. The van der Waals surface area contributed by atoms with Crippen LogP contribution in [0, 0.1) is 0 Å². The van der Waals surface area contributed by atoms with Gasteiger partial charge in [0.25, 0.3) is 0 Å². The molecule has 13 heavy (non-hydrogen) atoms. The zero-order valence-electron chi connectivity index (χ0n) is 7.88. The zero-order valence-corrected chi connectivity index (χ0v) is 7.88. The lowest BCUT2D eigenvalue weighted by molar-refractivity contribution is 0.474. The third-order valence-corrected chi connectivity index (χ3v) is 2.85. The molecule has 1 aliphatic rings. The number of hydrogen-bond acceptors (Lipinski definition) is 2. The van der Waals surface area contributed by atoms with Gasteiger partial charge in [-0.15, -0.1) is 0 Å². The molecule has 0 bridgehead atoms. The molecule has 0 spiro atoms. The van der Waals surface area contributed by atoms with E-state index in [4.69, 9.17) is 5.11 Å². The fourth-order valence-corrected chi connectivity index (χ4v) is 1.87. The highest BCUT2D eigenvalue weighted by molar-refractivity contribution is 5.35. The van der Waals surface area contributed by atoms with Gasteiger partial charge in [-0.1, -0.05) is 12.1 Å². The van der Waals surface area contributed by atoms with Crippen LogP contribution in [0.25, 0.3) is 0 Å². The second-order valence-corrected chi connectivity index (χ2v) is 3.86. The molecule has 0 aliphatic heterocycles. The normalized spacial score (nSPS) is 18.5. The first kappa shape index (κ1) is 8.57. The van der Waals surface area contributed by atoms with E-state index in [2.05, 4.69) is 5.32 Å². The van der Waals surface area contributed by atoms with E-state index in [1.165, 1.54) is 18.4 Å². The molecule has 1 aliphatic carbocycles. The van der Waals surface area contributed by atoms with E-state index >= 15 is 0 Å². The van der Waals surface area contributed by atoms with Gasteiger partial charge >= 0.3 is 0 Å². The van der Waals surface area contributed by atoms with Crippen molar-refractivity contribution in [3.63, 3.8) is 0 Å². The summed E-state index contributed by atoms with van der Waals surface area (Å²) in [6.07, 6.45) is 2.53. The molecule has 1 aromatic rings. The number of rotatable bonds is 3. The molecule has 2 heteroatoms. The lowest BCUT2D eigenvalue weighted by atomic mass is 9.96. The van der Waals surface area contributed by atoms with Crippen LogP contribution < -0.4 is 5.32 Å². The van der Waals surface area contributed by atoms with Crippen molar-refractivity contribution >= 4 is 0 Å². The Morgan fingerprint density at radius 2 is 1.92 bits per heavy atom. The number of benzene rings is 1. The minimum absolute atomic E-state index is 0.351. The third kappa shape index (κ3) is 1.54. The van der Waals surface area contributed by atoms with Crippen LogP contribution in [0.2, 0.25) is 0 Å². The van der Waals surface area contributed by atoms with E-state index in [1.807, 2.05) is 19.2 Å². The molecule has 0 amide bonds. The molecular weight excluding hydrogens is 162 g/mol. The average Bonchev–Trinajstić information content (AvgIpc) is 2.87. The van der Waals surface area contributed by atoms with Gasteiger partial charge in [0.15, 0.2) is 0 Å². The molecule has 2 rings (SSSR count). The quantitative estimate of drug-likeness (QED) is 0.735. The van der Waals surface area contributed by atoms with Crippen molar-refractivity contribution in [3.8, 4) is 5.75 Å². The molecule has 1 fully saturated rings. The standard InChI is InChI=1S/C11H15NO/c1-12-8-11(6-7-11)9-2-4-10(13)5-3-9/h2-5,12-13H,6-8H2,1H3. The minimum Gasteiger partial charge on any atom is -0.508 e. The fraction of sp³-hybridized carbons (Fsp3) is 0.455. The molecule has 0 aromatic heterocycles. The van der Waals surface area contributed by atoms with Crippen LogP contribution in [-0.4, -0.2) is 18.7 Å². The molecule has 2 N–H and O–H groups in total. The summed E-state index contributed by atoms with van der Waals surface area (Å²) in [6, 6.07) is 7.59. The maximum atomic E-state index is 9.16. The fourth-order valence-electron chi connectivity index (χ4n) is 1.87. The SMILES string of the molecule is CNCC1(c2ccc(O)cc2)CC1. The Kier molecular flexibility index (Phi) is 2.00. The smallest absolute Gasteiger partial charge is 0.115 e. The number of aromatic hydroxyl groups is 1. The first-order valence-electron chi connectivity index (χ1n) is 4.71. The van der Waals surface area contributed by atoms with Gasteiger partial charge < -0.3 is 10.4 Å². The van der Waals surface area contributed by atoms with E-state index in [0.717, 1.165) is 6.54 Å². The van der Waals surface area contributed by atoms with Crippen molar-refractivity contribution in [2.24, 2.45) is 0 Å². The van der Waals surface area contributed by atoms with Gasteiger partial charge in [-0.3, -0.25) is 0 Å². The highest BCUT2D eigenvalue weighted by Gasteiger charge is 2.43. The Morgan fingerprint density at radius 1 is 1.31 bits per heavy atom. The average molecular weight is 177 g/mol. The van der Waals surface area contributed by atoms with Crippen LogP contribution in [-0.2, 0) is 5.41 Å². The summed E-state index contributed by atoms with van der Waals surface area (Å²) in [5.74, 6) is 0.351. The van der Waals surface area contributed by atoms with Gasteiger partial charge in [-0.25, -0.2) is 0 Å². The molecule has 0 atom stereocenters. The lowest BCUT2D eigenvalue weighted by Crippen LogP contribution is -2.23. The number of phenolic OH excluding ortho intramolecular Hbond substituents is 1. The van der Waals surface area contributed by atoms with E-state index in [9.17, 15) is 0 Å². The van der Waals surface area contributed by atoms with Crippen LogP contribution in [0.1, 0.15) is 18.4 Å². The summed E-state index contributed by atoms with van der Waals surface area (Å²) < 4.78 is 0. The molecule has 2 nitrogen and oxygen atoms in total. The summed E-state index contributed by atoms with van der Waals surface area (Å²) in [5, 5.41) is 12.4. The van der Waals surface area contributed by atoms with Crippen molar-refractivity contribution in [2.45, 2.75) is 18.3 Å². The maximum absolute atomic E-state index is 9.16. The summed E-state index contributed by atoms with van der Waals surface area (Å²) in [5.41, 5.74) is 1.71. The van der Waals surface area contributed by atoms with Gasteiger partial charge in [0.2, 0.25) is 0 Å². The summed E-state index contributed by atoms with van der Waals surface area (Å²) >= 11 is 0. The predicted octanol–water partition coefficient (Wildman–Crippen LogP) is 1.64. The summed E-state index contributed by atoms with van der Waals surface area (Å²) in [4.78, 5) is 0. The monoisotopic (exact) mass is 177 g/mol. The first-order chi connectivity index (χ1) is 6.27. The molecule has 0 saturated heterocycles. The first-order valence-corrected chi connectivity index (χ1v) is 4.71. The van der Waals surface area contributed by atoms with Crippen molar-refractivity contribution in [1.29, 1.82) is 0 Å². The molecular formula is C11H15NO. The van der Waals surface area contributed by atoms with Crippen LogP contribution in [0.3, 0.4) is 0 Å². The Morgan fingerprint density at radius 3 is 2.38 bits per heavy atom. The second kappa shape index (κ2) is 3.04. The number of hydrogen-bond donors (Lipinski definition) is 2. The maximum Gasteiger partial charge on any atom is 0.115 e. The highest BCUT2D eigenvalue weighted by atomic mass is 16.3. The molecule has 0 radical (unpaired) electrons. The molecule has 0 unspecified atom stereocenters. The lowest BCUT2D eigenvalue weighted by Gasteiger charge is -2.14. The highest BCUT2D eigenvalue weighted by Crippen LogP contribution is 2.47. The topological polar surface area (TPSA) is 32.3 Å². The largest absolute Gasteiger partial charge is 0.508 e. The van der Waals surface area contributed by atoms with E-state index < -0.39 is 0 Å². The van der Waals surface area contributed by atoms with Gasteiger partial charge in [0.1, 0.15) is 5.75 Å². The minimum atomic E-state index is 0.351. The Bertz CT molecular complexity index is 287. The van der Waals surface area contributed by atoms with Crippen molar-refractivity contribution in [2.75, 3.05) is 13.6 Å². The van der Waals surface area contributed by atoms with Gasteiger partial charge in [0, 0.05) is 12.0 Å². The van der Waals surface area contributed by atoms with Gasteiger partial charge in [0.05, 0.1) is 0 Å². The number of phenols is 1. The Labute approximate surface area is 78.6 Å².